The van der Waals surface area contributed by atoms with Crippen molar-refractivity contribution in [3.8, 4) is 0 Å². The Hall–Kier alpha value is 0.220. The molecule has 2 heteroatoms. The molecule has 0 amide bonds. The van der Waals surface area contributed by atoms with E-state index in [1.54, 1.807) is 0 Å². The van der Waals surface area contributed by atoms with Crippen LogP contribution < -0.4 is 0 Å². The van der Waals surface area contributed by atoms with Crippen molar-refractivity contribution < 1.29 is 0 Å². The third-order valence-electron chi connectivity index (χ3n) is 1.14. The predicted octanol–water partition coefficient (Wildman–Crippen LogP) is 2.80. The molecule has 0 aromatic rings. The molecule has 1 rings (SSSR count). The highest BCUT2D eigenvalue weighted by molar-refractivity contribution is 9.10. The van der Waals surface area contributed by atoms with Gasteiger partial charge in [-0.15, -0.1) is 5.73 Å². The molecule has 0 bridgehead atoms. The quantitative estimate of drug-likeness (QED) is 0.495. The molecule has 0 aliphatic heterocycles. The molecule has 1 atom stereocenters. The molecule has 0 aromatic carbocycles. The van der Waals surface area contributed by atoms with Gasteiger partial charge in [-0.1, -0.05) is 37.9 Å². The van der Waals surface area contributed by atoms with E-state index in [-0.39, 0.29) is 0 Å². The van der Waals surface area contributed by atoms with Crippen molar-refractivity contribution in [2.75, 3.05) is 5.33 Å². The molecule has 0 spiro atoms. The predicted molar refractivity (Wildman–Crippen MR) is 47.2 cm³/mol. The van der Waals surface area contributed by atoms with Crippen LogP contribution >= 0.6 is 31.9 Å². The highest BCUT2D eigenvalue weighted by Crippen LogP contribution is 2.17. The Bertz CT molecular complexity index is 185. The molecule has 48 valence electrons. The Labute approximate surface area is 71.6 Å². The van der Waals surface area contributed by atoms with Gasteiger partial charge in [0.05, 0.1) is 4.83 Å². The molecule has 1 aliphatic rings. The van der Waals surface area contributed by atoms with Gasteiger partial charge in [0.1, 0.15) is 0 Å². The summed E-state index contributed by atoms with van der Waals surface area (Å²) >= 11 is 6.86. The van der Waals surface area contributed by atoms with Gasteiger partial charge in [0.25, 0.3) is 0 Å². The van der Waals surface area contributed by atoms with Gasteiger partial charge in [0, 0.05) is 5.33 Å². The first-order valence-corrected chi connectivity index (χ1v) is 4.70. The van der Waals surface area contributed by atoms with Crippen LogP contribution in [0.15, 0.2) is 29.5 Å². The van der Waals surface area contributed by atoms with Crippen LogP contribution in [0, 0.1) is 0 Å². The smallest absolute Gasteiger partial charge is 0.0620 e. The molecular weight excluding hydrogens is 244 g/mol. The molecule has 0 aromatic heterocycles. The first-order valence-electron chi connectivity index (χ1n) is 2.66. The first-order chi connectivity index (χ1) is 4.34. The van der Waals surface area contributed by atoms with Gasteiger partial charge >= 0.3 is 0 Å². The second-order valence-electron chi connectivity index (χ2n) is 1.78. The van der Waals surface area contributed by atoms with Gasteiger partial charge in [-0.2, -0.15) is 0 Å². The second kappa shape index (κ2) is 3.40. The van der Waals surface area contributed by atoms with Gasteiger partial charge in [0.15, 0.2) is 0 Å². The lowest BCUT2D eigenvalue weighted by Crippen LogP contribution is -2.00. The number of alkyl halides is 2. The molecule has 1 unspecified atom stereocenters. The van der Waals surface area contributed by atoms with Gasteiger partial charge in [-0.25, -0.2) is 0 Å². The Balaban J connectivity index is 2.76. The SMILES string of the molecule is BrCC1=CC=C=CC1Br. The summed E-state index contributed by atoms with van der Waals surface area (Å²) in [5.41, 5.74) is 4.35. The molecule has 0 saturated carbocycles. The fraction of sp³-hybridized carbons (Fsp3) is 0.286. The molecule has 0 nitrogen and oxygen atoms in total. The Morgan fingerprint density at radius 1 is 1.67 bits per heavy atom. The summed E-state index contributed by atoms with van der Waals surface area (Å²) in [6.07, 6.45) is 5.99. The molecule has 0 saturated heterocycles. The minimum Gasteiger partial charge on any atom is -0.124 e. The van der Waals surface area contributed by atoms with Gasteiger partial charge < -0.3 is 0 Å². The van der Waals surface area contributed by atoms with Gasteiger partial charge in [-0.05, 0) is 17.7 Å². The maximum atomic E-state index is 3.48. The van der Waals surface area contributed by atoms with E-state index in [0.717, 1.165) is 5.33 Å². The normalized spacial score (nSPS) is 24.2. The van der Waals surface area contributed by atoms with E-state index in [4.69, 9.17) is 0 Å². The Morgan fingerprint density at radius 2 is 2.44 bits per heavy atom. The van der Waals surface area contributed by atoms with E-state index in [1.165, 1.54) is 5.57 Å². The van der Waals surface area contributed by atoms with Crippen LogP contribution in [0.5, 0.6) is 0 Å². The van der Waals surface area contributed by atoms with Crippen LogP contribution in [0.4, 0.5) is 0 Å². The van der Waals surface area contributed by atoms with Crippen LogP contribution in [-0.2, 0) is 0 Å². The minimum atomic E-state index is 0.377. The van der Waals surface area contributed by atoms with E-state index < -0.39 is 0 Å². The monoisotopic (exact) mass is 248 g/mol. The molecular formula is C7H6Br2. The zero-order chi connectivity index (χ0) is 6.69. The number of allylic oxidation sites excluding steroid dienone is 3. The van der Waals surface area contributed by atoms with Gasteiger partial charge in [0.2, 0.25) is 0 Å². The van der Waals surface area contributed by atoms with E-state index in [1.807, 2.05) is 12.2 Å². The lowest BCUT2D eigenvalue weighted by atomic mass is 10.1. The van der Waals surface area contributed by atoms with Crippen molar-refractivity contribution in [2.24, 2.45) is 0 Å². The number of hydrogen-bond acceptors (Lipinski definition) is 0. The average Bonchev–Trinajstić information content (AvgIpc) is 1.89. The summed E-state index contributed by atoms with van der Waals surface area (Å²) < 4.78 is 0. The molecule has 0 heterocycles. The summed E-state index contributed by atoms with van der Waals surface area (Å²) in [5.74, 6) is 0. The third kappa shape index (κ3) is 1.82. The van der Waals surface area contributed by atoms with Crippen LogP contribution in [0.3, 0.4) is 0 Å². The maximum Gasteiger partial charge on any atom is 0.0620 e. The minimum absolute atomic E-state index is 0.377. The van der Waals surface area contributed by atoms with Crippen molar-refractivity contribution in [1.29, 1.82) is 0 Å². The largest absolute Gasteiger partial charge is 0.124 e. The second-order valence-corrected chi connectivity index (χ2v) is 3.32. The van der Waals surface area contributed by atoms with E-state index in [9.17, 15) is 0 Å². The topological polar surface area (TPSA) is 0 Å². The fourth-order valence-electron chi connectivity index (χ4n) is 0.612. The summed E-state index contributed by atoms with van der Waals surface area (Å²) in [4.78, 5) is 0.377. The van der Waals surface area contributed by atoms with E-state index >= 15 is 0 Å². The molecule has 0 fully saturated rings. The van der Waals surface area contributed by atoms with Gasteiger partial charge in [-0.3, -0.25) is 0 Å². The molecule has 9 heavy (non-hydrogen) atoms. The van der Waals surface area contributed by atoms with Crippen molar-refractivity contribution in [3.05, 3.63) is 29.5 Å². The summed E-state index contributed by atoms with van der Waals surface area (Å²) in [6.45, 7) is 0. The van der Waals surface area contributed by atoms with Crippen LogP contribution in [-0.4, -0.2) is 10.2 Å². The van der Waals surface area contributed by atoms with Crippen LogP contribution in [0.1, 0.15) is 0 Å². The number of rotatable bonds is 1. The summed E-state index contributed by atoms with van der Waals surface area (Å²) in [6, 6.07) is 0. The molecule has 0 radical (unpaired) electrons. The third-order valence-corrected chi connectivity index (χ3v) is 2.64. The highest BCUT2D eigenvalue weighted by Gasteiger charge is 2.05. The zero-order valence-corrected chi connectivity index (χ0v) is 7.94. The van der Waals surface area contributed by atoms with Crippen molar-refractivity contribution in [2.45, 2.75) is 4.83 Å². The number of hydrogen-bond donors (Lipinski definition) is 0. The average molecular weight is 250 g/mol. The van der Waals surface area contributed by atoms with E-state index in [2.05, 4.69) is 43.7 Å². The number of halogens is 2. The summed E-state index contributed by atoms with van der Waals surface area (Å²) in [7, 11) is 0. The fourth-order valence-corrected chi connectivity index (χ4v) is 2.05. The molecule has 1 aliphatic carbocycles. The summed E-state index contributed by atoms with van der Waals surface area (Å²) in [5, 5.41) is 0.928. The molecule has 0 N–H and O–H groups in total. The van der Waals surface area contributed by atoms with Crippen molar-refractivity contribution in [1.82, 2.24) is 0 Å². The highest BCUT2D eigenvalue weighted by atomic mass is 79.9. The van der Waals surface area contributed by atoms with Crippen LogP contribution in [0.25, 0.3) is 0 Å². The Kier molecular flexibility index (Phi) is 2.77. The lowest BCUT2D eigenvalue weighted by molar-refractivity contribution is 1.26. The zero-order valence-electron chi connectivity index (χ0n) is 4.77. The van der Waals surface area contributed by atoms with E-state index in [0.29, 0.717) is 4.83 Å². The standard InChI is InChI=1S/C7H6Br2/c8-5-6-3-1-2-4-7(6)9/h1,3-4,7H,5H2. The maximum absolute atomic E-state index is 3.48. The van der Waals surface area contributed by atoms with Crippen LogP contribution in [0.2, 0.25) is 0 Å². The van der Waals surface area contributed by atoms with Crippen molar-refractivity contribution >= 4 is 31.9 Å². The lowest BCUT2D eigenvalue weighted by Gasteiger charge is -2.06. The Morgan fingerprint density at radius 3 is 2.89 bits per heavy atom. The first kappa shape index (κ1) is 7.33. The van der Waals surface area contributed by atoms with Crippen molar-refractivity contribution in [3.63, 3.8) is 0 Å².